The summed E-state index contributed by atoms with van der Waals surface area (Å²) >= 11 is 1.22. The van der Waals surface area contributed by atoms with E-state index < -0.39 is 5.97 Å². The number of carbonyl (C=O) groups is 1. The second-order valence-corrected chi connectivity index (χ2v) is 3.29. The molecular weight excluding hydrogens is 206 g/mol. The molecule has 6 nitrogen and oxygen atoms in total. The molecule has 1 heterocycles. The highest BCUT2D eigenvalue weighted by molar-refractivity contribution is 7.13. The maximum absolute atomic E-state index is 10.5. The van der Waals surface area contributed by atoms with Crippen LogP contribution in [0.15, 0.2) is 10.5 Å². The molecule has 1 aromatic rings. The van der Waals surface area contributed by atoms with Crippen LogP contribution in [0.2, 0.25) is 0 Å². The molecule has 0 saturated carbocycles. The lowest BCUT2D eigenvalue weighted by atomic mass is 10.3. The van der Waals surface area contributed by atoms with E-state index in [9.17, 15) is 4.79 Å². The first-order valence-corrected chi connectivity index (χ1v) is 4.57. The Balaban J connectivity index is 2.69. The maximum Gasteiger partial charge on any atom is 0.303 e. The van der Waals surface area contributed by atoms with Crippen molar-refractivity contribution in [2.75, 3.05) is 12.3 Å². The summed E-state index contributed by atoms with van der Waals surface area (Å²) in [5.41, 5.74) is 5.98. The minimum atomic E-state index is -0.450. The van der Waals surface area contributed by atoms with E-state index in [0.717, 1.165) is 0 Å². The molecule has 0 bridgehead atoms. The second kappa shape index (κ2) is 4.56. The number of nitrogens with zero attached hydrogens (tertiary/aromatic N) is 2. The molecule has 0 aliphatic carbocycles. The van der Waals surface area contributed by atoms with Gasteiger partial charge in [-0.3, -0.25) is 4.79 Å². The summed E-state index contributed by atoms with van der Waals surface area (Å²) in [4.78, 5) is 14.4. The molecule has 0 unspecified atom stereocenters. The molecule has 76 valence electrons. The van der Waals surface area contributed by atoms with Crippen molar-refractivity contribution in [3.05, 3.63) is 11.1 Å². The number of carbonyl (C=O) groups excluding carboxylic acids is 1. The van der Waals surface area contributed by atoms with Crippen LogP contribution < -0.4 is 5.73 Å². The van der Waals surface area contributed by atoms with Crippen LogP contribution in [0.25, 0.3) is 0 Å². The lowest BCUT2D eigenvalue weighted by Crippen LogP contribution is -2.13. The average Bonchev–Trinajstić information content (AvgIpc) is 2.53. The molecule has 0 atom stereocenters. The largest absolute Gasteiger partial charge is 0.459 e. The van der Waals surface area contributed by atoms with Crippen molar-refractivity contribution >= 4 is 28.1 Å². The highest BCUT2D eigenvalue weighted by atomic mass is 32.1. The molecule has 14 heavy (non-hydrogen) atoms. The Kier molecular flexibility index (Phi) is 3.41. The standard InChI is InChI=1S/C7H9N3O3S/c1-4(11)13-2-5(10-12)6-3-14-7(8)9-6/h3,12H,2H2,1H3,(H2,8,9). The van der Waals surface area contributed by atoms with Crippen LogP contribution in [0.1, 0.15) is 12.6 Å². The van der Waals surface area contributed by atoms with E-state index in [4.69, 9.17) is 10.9 Å². The summed E-state index contributed by atoms with van der Waals surface area (Å²) in [5.74, 6) is -0.450. The zero-order valence-corrected chi connectivity index (χ0v) is 8.24. The third kappa shape index (κ3) is 2.70. The van der Waals surface area contributed by atoms with Crippen molar-refractivity contribution < 1.29 is 14.7 Å². The van der Waals surface area contributed by atoms with Gasteiger partial charge in [0.1, 0.15) is 18.0 Å². The van der Waals surface area contributed by atoms with Crippen LogP contribution in [-0.4, -0.2) is 28.5 Å². The van der Waals surface area contributed by atoms with Crippen LogP contribution in [0.5, 0.6) is 0 Å². The number of nitrogens with two attached hydrogens (primary N) is 1. The van der Waals surface area contributed by atoms with E-state index in [1.54, 1.807) is 5.38 Å². The van der Waals surface area contributed by atoms with E-state index in [1.165, 1.54) is 18.3 Å². The Morgan fingerprint density at radius 2 is 2.57 bits per heavy atom. The van der Waals surface area contributed by atoms with Crippen molar-refractivity contribution in [1.29, 1.82) is 0 Å². The minimum Gasteiger partial charge on any atom is -0.459 e. The zero-order chi connectivity index (χ0) is 10.6. The van der Waals surface area contributed by atoms with E-state index in [1.807, 2.05) is 0 Å². The van der Waals surface area contributed by atoms with Crippen LogP contribution in [-0.2, 0) is 9.53 Å². The topological polar surface area (TPSA) is 97.8 Å². The fourth-order valence-corrected chi connectivity index (χ4v) is 1.32. The molecule has 1 aromatic heterocycles. The fraction of sp³-hybridized carbons (Fsp3) is 0.286. The van der Waals surface area contributed by atoms with Gasteiger partial charge in [0.2, 0.25) is 0 Å². The smallest absolute Gasteiger partial charge is 0.303 e. The number of ether oxygens (including phenoxy) is 1. The molecule has 0 spiro atoms. The molecular formula is C7H9N3O3S. The first-order chi connectivity index (χ1) is 6.63. The highest BCUT2D eigenvalue weighted by Gasteiger charge is 2.09. The molecule has 0 aromatic carbocycles. The SMILES string of the molecule is CC(=O)OCC(=NO)c1csc(N)n1. The predicted octanol–water partition coefficient (Wildman–Crippen LogP) is 0.467. The molecule has 7 heteroatoms. The summed E-state index contributed by atoms with van der Waals surface area (Å²) in [7, 11) is 0. The summed E-state index contributed by atoms with van der Waals surface area (Å²) in [6, 6.07) is 0. The number of oxime groups is 1. The van der Waals surface area contributed by atoms with Crippen LogP contribution in [0.4, 0.5) is 5.13 Å². The van der Waals surface area contributed by atoms with Crippen molar-refractivity contribution in [2.24, 2.45) is 5.16 Å². The number of anilines is 1. The van der Waals surface area contributed by atoms with Gasteiger partial charge in [0.25, 0.3) is 0 Å². The van der Waals surface area contributed by atoms with Gasteiger partial charge in [0.15, 0.2) is 5.13 Å². The van der Waals surface area contributed by atoms with E-state index in [0.29, 0.717) is 10.8 Å². The lowest BCUT2D eigenvalue weighted by molar-refractivity contribution is -0.139. The van der Waals surface area contributed by atoms with Crippen molar-refractivity contribution in [3.63, 3.8) is 0 Å². The number of hydrogen-bond acceptors (Lipinski definition) is 7. The van der Waals surface area contributed by atoms with Gasteiger partial charge in [-0.25, -0.2) is 4.98 Å². The van der Waals surface area contributed by atoms with Gasteiger partial charge in [-0.15, -0.1) is 11.3 Å². The number of hydrogen-bond donors (Lipinski definition) is 2. The summed E-state index contributed by atoms with van der Waals surface area (Å²) in [6.07, 6.45) is 0. The summed E-state index contributed by atoms with van der Waals surface area (Å²) in [6.45, 7) is 1.15. The number of nitrogen functional groups attached to an aromatic ring is 1. The van der Waals surface area contributed by atoms with E-state index >= 15 is 0 Å². The van der Waals surface area contributed by atoms with Gasteiger partial charge in [-0.1, -0.05) is 5.16 Å². The molecule has 0 aliphatic rings. The molecule has 0 amide bonds. The minimum absolute atomic E-state index is 0.116. The highest BCUT2D eigenvalue weighted by Crippen LogP contribution is 2.11. The van der Waals surface area contributed by atoms with Gasteiger partial charge in [0.05, 0.1) is 0 Å². The molecule has 0 radical (unpaired) electrons. The van der Waals surface area contributed by atoms with Gasteiger partial charge < -0.3 is 15.7 Å². The normalized spacial score (nSPS) is 11.4. The zero-order valence-electron chi connectivity index (χ0n) is 7.43. The van der Waals surface area contributed by atoms with Gasteiger partial charge in [-0.2, -0.15) is 0 Å². The quantitative estimate of drug-likeness (QED) is 0.330. The first-order valence-electron chi connectivity index (χ1n) is 3.69. The Labute approximate surface area is 84.0 Å². The number of aromatic nitrogens is 1. The Hall–Kier alpha value is -1.63. The number of rotatable bonds is 3. The third-order valence-corrected chi connectivity index (χ3v) is 2.02. The van der Waals surface area contributed by atoms with E-state index in [-0.39, 0.29) is 12.3 Å². The second-order valence-electron chi connectivity index (χ2n) is 2.40. The number of esters is 1. The monoisotopic (exact) mass is 215 g/mol. The van der Waals surface area contributed by atoms with Gasteiger partial charge in [0, 0.05) is 12.3 Å². The predicted molar refractivity (Wildman–Crippen MR) is 51.5 cm³/mol. The molecule has 1 rings (SSSR count). The Morgan fingerprint density at radius 3 is 3.00 bits per heavy atom. The maximum atomic E-state index is 10.5. The fourth-order valence-electron chi connectivity index (χ4n) is 0.744. The molecule has 0 aliphatic heterocycles. The van der Waals surface area contributed by atoms with E-state index in [2.05, 4.69) is 14.9 Å². The first kappa shape index (κ1) is 10.5. The van der Waals surface area contributed by atoms with Crippen LogP contribution in [0, 0.1) is 0 Å². The molecule has 0 fully saturated rings. The number of thiazole rings is 1. The molecule has 3 N–H and O–H groups in total. The lowest BCUT2D eigenvalue weighted by Gasteiger charge is -2.00. The molecule has 0 saturated heterocycles. The van der Waals surface area contributed by atoms with Crippen LogP contribution >= 0.6 is 11.3 Å². The van der Waals surface area contributed by atoms with Crippen molar-refractivity contribution in [1.82, 2.24) is 4.98 Å². The average molecular weight is 215 g/mol. The third-order valence-electron chi connectivity index (χ3n) is 1.35. The summed E-state index contributed by atoms with van der Waals surface area (Å²) < 4.78 is 4.65. The Morgan fingerprint density at radius 1 is 1.86 bits per heavy atom. The van der Waals surface area contributed by atoms with Crippen molar-refractivity contribution in [2.45, 2.75) is 6.92 Å². The van der Waals surface area contributed by atoms with Crippen LogP contribution in [0.3, 0.4) is 0 Å². The van der Waals surface area contributed by atoms with Gasteiger partial charge >= 0.3 is 5.97 Å². The summed E-state index contributed by atoms with van der Waals surface area (Å²) in [5, 5.41) is 13.6. The van der Waals surface area contributed by atoms with Gasteiger partial charge in [-0.05, 0) is 0 Å². The Bertz CT molecular complexity index is 361. The van der Waals surface area contributed by atoms with Crippen molar-refractivity contribution in [3.8, 4) is 0 Å².